The normalized spacial score (nSPS) is 18.1. The van der Waals surface area contributed by atoms with Crippen LogP contribution in [0.3, 0.4) is 0 Å². The lowest BCUT2D eigenvalue weighted by atomic mass is 9.87. The molecule has 0 bridgehead atoms. The maximum atomic E-state index is 14.6. The lowest BCUT2D eigenvalue weighted by Gasteiger charge is -2.37. The monoisotopic (exact) mass is 550 g/mol. The molecule has 2 aliphatic heterocycles. The quantitative estimate of drug-likeness (QED) is 0.460. The molecular formula is C29H24ClFN2O6. The number of rotatable bonds is 7. The highest BCUT2D eigenvalue weighted by atomic mass is 35.5. The number of carbonyl (C=O) groups excluding carboxylic acids is 2. The summed E-state index contributed by atoms with van der Waals surface area (Å²) in [6.07, 6.45) is -0.567. The van der Waals surface area contributed by atoms with Gasteiger partial charge in [0.05, 0.1) is 23.4 Å². The fraction of sp³-hybridized carbons (Fsp3) is 0.241. The Morgan fingerprint density at radius 2 is 1.87 bits per heavy atom. The number of carboxylic acid groups (broad SMARTS) is 1. The van der Waals surface area contributed by atoms with E-state index in [1.807, 2.05) is 6.07 Å². The van der Waals surface area contributed by atoms with Gasteiger partial charge in [-0.15, -0.1) is 0 Å². The zero-order chi connectivity index (χ0) is 27.7. The first-order valence-electron chi connectivity index (χ1n) is 12.3. The molecule has 0 aliphatic carbocycles. The van der Waals surface area contributed by atoms with Gasteiger partial charge in [0.15, 0.2) is 11.6 Å². The van der Waals surface area contributed by atoms with Gasteiger partial charge in [-0.25, -0.2) is 9.18 Å². The minimum absolute atomic E-state index is 0.0218. The number of aromatic carboxylic acids is 1. The van der Waals surface area contributed by atoms with Crippen molar-refractivity contribution in [1.29, 1.82) is 0 Å². The summed E-state index contributed by atoms with van der Waals surface area (Å²) in [5.74, 6) is -1.77. The van der Waals surface area contributed by atoms with E-state index in [9.17, 15) is 18.8 Å². The molecule has 10 heteroatoms. The summed E-state index contributed by atoms with van der Waals surface area (Å²) in [5.41, 5.74) is 2.64. The van der Waals surface area contributed by atoms with Gasteiger partial charge in [0, 0.05) is 30.5 Å². The van der Waals surface area contributed by atoms with Crippen LogP contribution in [0.15, 0.2) is 65.8 Å². The van der Waals surface area contributed by atoms with Gasteiger partial charge in [-0.2, -0.15) is 0 Å². The van der Waals surface area contributed by atoms with Crippen molar-refractivity contribution in [2.24, 2.45) is 5.16 Å². The molecule has 2 atom stereocenters. The average molecular weight is 551 g/mol. The first-order valence-corrected chi connectivity index (χ1v) is 12.6. The zero-order valence-corrected chi connectivity index (χ0v) is 21.7. The van der Waals surface area contributed by atoms with Crippen LogP contribution in [0, 0.1) is 5.82 Å². The number of hydrogen-bond donors (Lipinski definition) is 1. The lowest BCUT2D eigenvalue weighted by molar-refractivity contribution is -0.149. The number of halogens is 2. The van der Waals surface area contributed by atoms with Crippen molar-refractivity contribution in [3.05, 3.63) is 99.3 Å². The van der Waals surface area contributed by atoms with Crippen LogP contribution < -0.4 is 4.74 Å². The van der Waals surface area contributed by atoms with E-state index >= 15 is 0 Å². The second-order valence-corrected chi connectivity index (χ2v) is 9.70. The molecule has 39 heavy (non-hydrogen) atoms. The standard InChI is InChI=1S/C29H24ClFN2O6/c1-38-24-7-3-4-19-18(24)12-13-33(27(19)23(34)14-16-8-10-17(11-9-16)29(36)37)28(35)25-15-22(32-39-25)20-5-2-6-21(30)26(20)31/h2-11,25,27H,12-15H2,1H3,(H,36,37)/t25-,27-/m1/s1. The van der Waals surface area contributed by atoms with E-state index in [1.165, 1.54) is 29.2 Å². The molecule has 0 aromatic heterocycles. The largest absolute Gasteiger partial charge is 0.496 e. The van der Waals surface area contributed by atoms with E-state index in [4.69, 9.17) is 26.3 Å². The fourth-order valence-corrected chi connectivity index (χ4v) is 5.23. The smallest absolute Gasteiger partial charge is 0.335 e. The second kappa shape index (κ2) is 10.9. The van der Waals surface area contributed by atoms with Gasteiger partial charge in [-0.3, -0.25) is 9.59 Å². The minimum atomic E-state index is -1.06. The lowest BCUT2D eigenvalue weighted by Crippen LogP contribution is -2.48. The molecule has 3 aromatic rings. The maximum absolute atomic E-state index is 14.6. The molecule has 1 N–H and O–H groups in total. The highest BCUT2D eigenvalue weighted by Crippen LogP contribution is 2.37. The third-order valence-electron chi connectivity index (χ3n) is 6.97. The van der Waals surface area contributed by atoms with E-state index in [0.29, 0.717) is 23.3 Å². The van der Waals surface area contributed by atoms with Crippen molar-refractivity contribution in [3.8, 4) is 5.75 Å². The van der Waals surface area contributed by atoms with Crippen molar-refractivity contribution < 1.29 is 33.5 Å². The van der Waals surface area contributed by atoms with Crippen molar-refractivity contribution >= 4 is 35.0 Å². The summed E-state index contributed by atoms with van der Waals surface area (Å²) in [4.78, 5) is 45.6. The van der Waals surface area contributed by atoms with Gasteiger partial charge in [-0.1, -0.05) is 47.1 Å². The third kappa shape index (κ3) is 5.09. The number of ether oxygens (including phenoxy) is 1. The van der Waals surface area contributed by atoms with E-state index in [1.54, 1.807) is 37.4 Å². The Bertz CT molecular complexity index is 1490. The Morgan fingerprint density at radius 3 is 2.59 bits per heavy atom. The van der Waals surface area contributed by atoms with Crippen LogP contribution in [0.5, 0.6) is 5.75 Å². The Labute approximate surface area is 228 Å². The predicted octanol–water partition coefficient (Wildman–Crippen LogP) is 4.62. The number of fused-ring (bicyclic) bond motifs is 1. The van der Waals surface area contributed by atoms with E-state index in [-0.39, 0.29) is 47.0 Å². The Morgan fingerprint density at radius 1 is 1.13 bits per heavy atom. The molecular weight excluding hydrogens is 527 g/mol. The number of amides is 1. The highest BCUT2D eigenvalue weighted by molar-refractivity contribution is 6.31. The summed E-state index contributed by atoms with van der Waals surface area (Å²) < 4.78 is 20.1. The summed E-state index contributed by atoms with van der Waals surface area (Å²) in [5, 5.41) is 13.1. The SMILES string of the molecule is COc1cccc2c1CCN(C(=O)[C@H]1CC(c3cccc(Cl)c3F)=NO1)[C@H]2C(=O)Cc1ccc(C(=O)O)cc1. The number of nitrogens with zero attached hydrogens (tertiary/aromatic N) is 2. The highest BCUT2D eigenvalue weighted by Gasteiger charge is 2.42. The van der Waals surface area contributed by atoms with Gasteiger partial charge in [0.1, 0.15) is 11.8 Å². The van der Waals surface area contributed by atoms with E-state index < -0.39 is 29.8 Å². The van der Waals surface area contributed by atoms with E-state index in [2.05, 4.69) is 5.16 Å². The molecule has 0 radical (unpaired) electrons. The number of carbonyl (C=O) groups is 3. The molecule has 0 saturated carbocycles. The first-order chi connectivity index (χ1) is 18.8. The van der Waals surface area contributed by atoms with Crippen LogP contribution in [0.2, 0.25) is 5.02 Å². The Hall–Kier alpha value is -4.24. The van der Waals surface area contributed by atoms with Gasteiger partial charge in [0.25, 0.3) is 5.91 Å². The van der Waals surface area contributed by atoms with Crippen LogP contribution in [0.1, 0.15) is 45.1 Å². The average Bonchev–Trinajstić information content (AvgIpc) is 3.43. The maximum Gasteiger partial charge on any atom is 0.335 e. The number of ketones is 1. The number of methoxy groups -OCH3 is 1. The minimum Gasteiger partial charge on any atom is -0.496 e. The molecule has 0 fully saturated rings. The molecule has 8 nitrogen and oxygen atoms in total. The molecule has 1 amide bonds. The Kier molecular flexibility index (Phi) is 7.34. The van der Waals surface area contributed by atoms with Crippen LogP contribution in [0.4, 0.5) is 4.39 Å². The number of benzene rings is 3. The summed E-state index contributed by atoms with van der Waals surface area (Å²) in [6, 6.07) is 15.0. The molecule has 0 saturated heterocycles. The van der Waals surface area contributed by atoms with Gasteiger partial charge >= 0.3 is 5.97 Å². The molecule has 200 valence electrons. The van der Waals surface area contributed by atoms with Gasteiger partial charge < -0.3 is 19.6 Å². The first kappa shape index (κ1) is 26.4. The zero-order valence-electron chi connectivity index (χ0n) is 20.9. The van der Waals surface area contributed by atoms with E-state index in [0.717, 1.165) is 5.56 Å². The molecule has 2 aliphatic rings. The summed E-state index contributed by atoms with van der Waals surface area (Å²) in [7, 11) is 1.55. The van der Waals surface area contributed by atoms with Crippen molar-refractivity contribution in [1.82, 2.24) is 4.90 Å². The third-order valence-corrected chi connectivity index (χ3v) is 7.26. The second-order valence-electron chi connectivity index (χ2n) is 9.29. The molecule has 3 aromatic carbocycles. The van der Waals surface area contributed by atoms with Crippen LogP contribution in [-0.2, 0) is 27.3 Å². The van der Waals surface area contributed by atoms with Gasteiger partial charge in [0.2, 0.25) is 6.10 Å². The fourth-order valence-electron chi connectivity index (χ4n) is 5.06. The van der Waals surface area contributed by atoms with Crippen molar-refractivity contribution in [2.45, 2.75) is 31.4 Å². The molecule has 0 unspecified atom stereocenters. The van der Waals surface area contributed by atoms with Crippen LogP contribution in [-0.4, -0.2) is 53.1 Å². The molecule has 5 rings (SSSR count). The molecule has 2 heterocycles. The van der Waals surface area contributed by atoms with Crippen molar-refractivity contribution in [2.75, 3.05) is 13.7 Å². The van der Waals surface area contributed by atoms with Crippen molar-refractivity contribution in [3.63, 3.8) is 0 Å². The number of Topliss-reactive ketones (excluding diaryl/α,β-unsaturated/α-hetero) is 1. The van der Waals surface area contributed by atoms with Gasteiger partial charge in [-0.05, 0) is 47.9 Å². The van der Waals surface area contributed by atoms with Crippen LogP contribution in [0.25, 0.3) is 0 Å². The number of oxime groups is 1. The number of hydrogen-bond acceptors (Lipinski definition) is 6. The summed E-state index contributed by atoms with van der Waals surface area (Å²) in [6.45, 7) is 0.237. The van der Waals surface area contributed by atoms with Crippen LogP contribution >= 0.6 is 11.6 Å². The Balaban J connectivity index is 1.42. The molecule has 0 spiro atoms. The summed E-state index contributed by atoms with van der Waals surface area (Å²) >= 11 is 5.91. The number of carboxylic acids is 1. The predicted molar refractivity (Wildman–Crippen MR) is 141 cm³/mol. The topological polar surface area (TPSA) is 105 Å².